The maximum Gasteiger partial charge on any atom is 0.219 e. The summed E-state index contributed by atoms with van der Waals surface area (Å²) in [6.07, 6.45) is 0. The molecule has 1 saturated heterocycles. The Hall–Kier alpha value is -1.51. The van der Waals surface area contributed by atoms with Crippen molar-refractivity contribution in [2.45, 2.75) is 27.7 Å². The average molecular weight is 474 g/mol. The molecule has 7 heteroatoms. The van der Waals surface area contributed by atoms with Crippen molar-refractivity contribution >= 4 is 35.8 Å². The quantitative estimate of drug-likeness (QED) is 0.308. The van der Waals surface area contributed by atoms with Crippen molar-refractivity contribution in [2.75, 3.05) is 45.9 Å². The van der Waals surface area contributed by atoms with Gasteiger partial charge in [-0.05, 0) is 31.9 Å². The molecule has 2 rings (SSSR count). The van der Waals surface area contributed by atoms with Crippen LogP contribution < -0.4 is 10.1 Å². The zero-order chi connectivity index (χ0) is 18.2. The standard InChI is InChI=1S/C19H30N4O2.HI/c1-5-20-19(23-12-10-22(11-13-23)17(4)24)21-9-14-25-18-15(2)7-6-8-16(18)3;/h6-8H,5,9-14H2,1-4H3,(H,20,21);1H. The summed E-state index contributed by atoms with van der Waals surface area (Å²) in [6.45, 7) is 12.9. The lowest BCUT2D eigenvalue weighted by Gasteiger charge is -2.36. The summed E-state index contributed by atoms with van der Waals surface area (Å²) in [5.74, 6) is 2.00. The zero-order valence-corrected chi connectivity index (χ0v) is 18.6. The van der Waals surface area contributed by atoms with Crippen LogP contribution in [-0.4, -0.2) is 67.5 Å². The van der Waals surface area contributed by atoms with E-state index in [1.165, 1.54) is 0 Å². The first kappa shape index (κ1) is 22.5. The molecule has 146 valence electrons. The van der Waals surface area contributed by atoms with Crippen LogP contribution in [0.15, 0.2) is 23.2 Å². The lowest BCUT2D eigenvalue weighted by Crippen LogP contribution is -2.53. The number of ether oxygens (including phenoxy) is 1. The summed E-state index contributed by atoms with van der Waals surface area (Å²) >= 11 is 0. The molecule has 0 radical (unpaired) electrons. The molecule has 1 amide bonds. The number of nitrogens with one attached hydrogen (secondary N) is 1. The fraction of sp³-hybridized carbons (Fsp3) is 0.579. The van der Waals surface area contributed by atoms with Gasteiger partial charge in [0, 0.05) is 39.6 Å². The monoisotopic (exact) mass is 474 g/mol. The Balaban J connectivity index is 0.00000338. The van der Waals surface area contributed by atoms with Gasteiger partial charge in [0.2, 0.25) is 5.91 Å². The number of halogens is 1. The molecule has 1 aliphatic rings. The van der Waals surface area contributed by atoms with Gasteiger partial charge in [-0.2, -0.15) is 0 Å². The van der Waals surface area contributed by atoms with Crippen molar-refractivity contribution in [2.24, 2.45) is 4.99 Å². The summed E-state index contributed by atoms with van der Waals surface area (Å²) < 4.78 is 5.93. The highest BCUT2D eigenvalue weighted by atomic mass is 127. The lowest BCUT2D eigenvalue weighted by atomic mass is 10.1. The van der Waals surface area contributed by atoms with E-state index in [1.54, 1.807) is 6.92 Å². The molecule has 1 fully saturated rings. The SMILES string of the molecule is CCNC(=NCCOc1c(C)cccc1C)N1CCN(C(C)=O)CC1.I. The van der Waals surface area contributed by atoms with E-state index in [2.05, 4.69) is 48.1 Å². The van der Waals surface area contributed by atoms with Gasteiger partial charge in [0.05, 0.1) is 6.54 Å². The molecule has 26 heavy (non-hydrogen) atoms. The predicted molar refractivity (Wildman–Crippen MR) is 117 cm³/mol. The molecule has 0 saturated carbocycles. The van der Waals surface area contributed by atoms with E-state index in [9.17, 15) is 4.79 Å². The van der Waals surface area contributed by atoms with Gasteiger partial charge in [-0.1, -0.05) is 18.2 Å². The van der Waals surface area contributed by atoms with Gasteiger partial charge in [-0.3, -0.25) is 4.79 Å². The van der Waals surface area contributed by atoms with Crippen LogP contribution in [0.4, 0.5) is 0 Å². The Labute approximate surface area is 174 Å². The van der Waals surface area contributed by atoms with Gasteiger partial charge < -0.3 is 19.9 Å². The molecule has 1 N–H and O–H groups in total. The van der Waals surface area contributed by atoms with E-state index in [0.717, 1.165) is 55.6 Å². The van der Waals surface area contributed by atoms with E-state index >= 15 is 0 Å². The summed E-state index contributed by atoms with van der Waals surface area (Å²) in [6, 6.07) is 6.16. The largest absolute Gasteiger partial charge is 0.491 e. The number of guanidine groups is 1. The molecule has 1 aromatic rings. The lowest BCUT2D eigenvalue weighted by molar-refractivity contribution is -0.130. The van der Waals surface area contributed by atoms with Crippen LogP contribution in [-0.2, 0) is 4.79 Å². The number of rotatable bonds is 5. The summed E-state index contributed by atoms with van der Waals surface area (Å²) in [5.41, 5.74) is 2.30. The number of carbonyl (C=O) groups is 1. The molecule has 1 aromatic carbocycles. The first-order valence-electron chi connectivity index (χ1n) is 9.00. The van der Waals surface area contributed by atoms with E-state index in [0.29, 0.717) is 13.2 Å². The number of carbonyl (C=O) groups excluding carboxylic acids is 1. The minimum absolute atomic E-state index is 0. The highest BCUT2D eigenvalue weighted by molar-refractivity contribution is 14.0. The third-order valence-electron chi connectivity index (χ3n) is 4.37. The van der Waals surface area contributed by atoms with Crippen molar-refractivity contribution in [1.29, 1.82) is 0 Å². The van der Waals surface area contributed by atoms with Crippen molar-refractivity contribution in [3.63, 3.8) is 0 Å². The second-order valence-corrected chi connectivity index (χ2v) is 6.30. The summed E-state index contributed by atoms with van der Waals surface area (Å²) in [5, 5.41) is 3.33. The van der Waals surface area contributed by atoms with Crippen LogP contribution in [0.25, 0.3) is 0 Å². The van der Waals surface area contributed by atoms with E-state index < -0.39 is 0 Å². The number of hydrogen-bond donors (Lipinski definition) is 1. The van der Waals surface area contributed by atoms with Crippen LogP contribution in [0.3, 0.4) is 0 Å². The Morgan fingerprint density at radius 2 is 1.73 bits per heavy atom. The topological polar surface area (TPSA) is 57.2 Å². The molecule has 0 atom stereocenters. The van der Waals surface area contributed by atoms with Crippen LogP contribution in [0, 0.1) is 13.8 Å². The molecule has 0 bridgehead atoms. The van der Waals surface area contributed by atoms with Crippen molar-refractivity contribution < 1.29 is 9.53 Å². The molecule has 6 nitrogen and oxygen atoms in total. The van der Waals surface area contributed by atoms with Gasteiger partial charge in [-0.25, -0.2) is 4.99 Å². The number of nitrogens with zero attached hydrogens (tertiary/aromatic N) is 3. The number of benzene rings is 1. The first-order valence-corrected chi connectivity index (χ1v) is 9.00. The van der Waals surface area contributed by atoms with Crippen LogP contribution in [0.5, 0.6) is 5.75 Å². The van der Waals surface area contributed by atoms with E-state index in [-0.39, 0.29) is 29.9 Å². The molecule has 0 spiro atoms. The third-order valence-corrected chi connectivity index (χ3v) is 4.37. The molecule has 0 unspecified atom stereocenters. The molecule has 1 aliphatic heterocycles. The first-order chi connectivity index (χ1) is 12.0. The molecule has 0 aromatic heterocycles. The second kappa shape index (κ2) is 11.3. The van der Waals surface area contributed by atoms with E-state index in [4.69, 9.17) is 4.74 Å². The number of piperazine rings is 1. The second-order valence-electron chi connectivity index (χ2n) is 6.30. The molecular weight excluding hydrogens is 443 g/mol. The zero-order valence-electron chi connectivity index (χ0n) is 16.2. The fourth-order valence-electron chi connectivity index (χ4n) is 2.99. The Morgan fingerprint density at radius 3 is 2.27 bits per heavy atom. The number of hydrogen-bond acceptors (Lipinski definition) is 3. The molecule has 0 aliphatic carbocycles. The highest BCUT2D eigenvalue weighted by Crippen LogP contribution is 2.22. The summed E-state index contributed by atoms with van der Waals surface area (Å²) in [7, 11) is 0. The molecular formula is C19H31IN4O2. The minimum atomic E-state index is 0. The van der Waals surface area contributed by atoms with Crippen molar-refractivity contribution in [3.05, 3.63) is 29.3 Å². The minimum Gasteiger partial charge on any atom is -0.491 e. The number of para-hydroxylation sites is 1. The van der Waals surface area contributed by atoms with Crippen LogP contribution >= 0.6 is 24.0 Å². The summed E-state index contributed by atoms with van der Waals surface area (Å²) in [4.78, 5) is 20.2. The van der Waals surface area contributed by atoms with Crippen molar-refractivity contribution in [3.8, 4) is 5.75 Å². The van der Waals surface area contributed by atoms with Gasteiger partial charge in [0.25, 0.3) is 0 Å². The van der Waals surface area contributed by atoms with Gasteiger partial charge in [0.1, 0.15) is 12.4 Å². The van der Waals surface area contributed by atoms with Crippen LogP contribution in [0.2, 0.25) is 0 Å². The Morgan fingerprint density at radius 1 is 1.15 bits per heavy atom. The molecule has 1 heterocycles. The van der Waals surface area contributed by atoms with Gasteiger partial charge in [0.15, 0.2) is 5.96 Å². The Kier molecular flexibility index (Phi) is 9.75. The highest BCUT2D eigenvalue weighted by Gasteiger charge is 2.20. The number of aryl methyl sites for hydroxylation is 2. The maximum absolute atomic E-state index is 11.4. The third kappa shape index (κ3) is 6.34. The van der Waals surface area contributed by atoms with Crippen LogP contribution in [0.1, 0.15) is 25.0 Å². The average Bonchev–Trinajstić information content (AvgIpc) is 2.60. The van der Waals surface area contributed by atoms with E-state index in [1.807, 2.05) is 11.0 Å². The van der Waals surface area contributed by atoms with Crippen molar-refractivity contribution in [1.82, 2.24) is 15.1 Å². The van der Waals surface area contributed by atoms with Gasteiger partial charge >= 0.3 is 0 Å². The number of aliphatic imine (C=N–C) groups is 1. The Bertz CT molecular complexity index is 593. The maximum atomic E-state index is 11.4. The number of amides is 1. The predicted octanol–water partition coefficient (Wildman–Crippen LogP) is 2.43. The normalized spacial score (nSPS) is 14.7. The fourth-order valence-corrected chi connectivity index (χ4v) is 2.99. The smallest absolute Gasteiger partial charge is 0.219 e. The van der Waals surface area contributed by atoms with Gasteiger partial charge in [-0.15, -0.1) is 24.0 Å².